The van der Waals surface area contributed by atoms with E-state index in [0.29, 0.717) is 0 Å². The summed E-state index contributed by atoms with van der Waals surface area (Å²) in [6.45, 7) is 0. The molecule has 190 valence electrons. The predicted molar refractivity (Wildman–Crippen MR) is 174 cm³/mol. The summed E-state index contributed by atoms with van der Waals surface area (Å²) in [6.07, 6.45) is 8.46. The third-order valence-electron chi connectivity index (χ3n) is 6.77. The van der Waals surface area contributed by atoms with Gasteiger partial charge in [-0.05, 0) is 71.8 Å². The Morgan fingerprint density at radius 3 is 1.27 bits per heavy atom. The molecule has 3 aromatic carbocycles. The fraction of sp³-hybridized carbons (Fsp3) is 0. The summed E-state index contributed by atoms with van der Waals surface area (Å²) < 4.78 is 0. The minimum atomic E-state index is 0.921. The molecular formula is C36H24N2S2. The van der Waals surface area contributed by atoms with Crippen LogP contribution < -0.4 is 0 Å². The molecule has 0 aliphatic heterocycles. The Balaban J connectivity index is 1.17. The van der Waals surface area contributed by atoms with Gasteiger partial charge in [0.15, 0.2) is 0 Å². The summed E-state index contributed by atoms with van der Waals surface area (Å²) >= 11 is 3.57. The first-order valence-corrected chi connectivity index (χ1v) is 14.8. The second kappa shape index (κ2) is 10.9. The highest BCUT2D eigenvalue weighted by molar-refractivity contribution is 7.16. The first-order valence-electron chi connectivity index (χ1n) is 13.2. The molecule has 4 heteroatoms. The molecule has 0 bridgehead atoms. The molecule has 4 heterocycles. The quantitative estimate of drug-likeness (QED) is 0.193. The second-order valence-corrected chi connectivity index (χ2v) is 11.7. The topological polar surface area (TPSA) is 25.8 Å². The molecular weight excluding hydrogens is 525 g/mol. The monoisotopic (exact) mass is 548 g/mol. The molecule has 2 nitrogen and oxygen atoms in total. The molecule has 7 rings (SSSR count). The molecule has 0 spiro atoms. The van der Waals surface area contributed by atoms with Gasteiger partial charge >= 0.3 is 0 Å². The first kappa shape index (κ1) is 24.4. The fourth-order valence-electron chi connectivity index (χ4n) is 4.72. The molecule has 0 radical (unpaired) electrons. The van der Waals surface area contributed by atoms with Gasteiger partial charge in [0.1, 0.15) is 0 Å². The van der Waals surface area contributed by atoms with Crippen LogP contribution in [0.15, 0.2) is 121 Å². The third kappa shape index (κ3) is 5.15. The van der Waals surface area contributed by atoms with Crippen molar-refractivity contribution in [2.75, 3.05) is 0 Å². The standard InChI is InChI=1S/C36H24N2S2/c1-3-7-25(8-4-1)33-23-21-31(39-33)19-17-29-15-13-27-11-12-28-14-16-30(38-36(28)35(27)37-29)18-20-32-22-24-34(40-32)26-9-5-2-6-10-26/h1-24H. The lowest BCUT2D eigenvalue weighted by atomic mass is 10.1. The highest BCUT2D eigenvalue weighted by Crippen LogP contribution is 2.31. The van der Waals surface area contributed by atoms with Crippen LogP contribution in [0.3, 0.4) is 0 Å². The maximum atomic E-state index is 5.01. The van der Waals surface area contributed by atoms with Crippen molar-refractivity contribution in [1.29, 1.82) is 0 Å². The lowest BCUT2D eigenvalue weighted by molar-refractivity contribution is 1.34. The van der Waals surface area contributed by atoms with E-state index in [1.807, 2.05) is 12.1 Å². The van der Waals surface area contributed by atoms with Gasteiger partial charge in [-0.2, -0.15) is 0 Å². The first-order chi connectivity index (χ1) is 19.8. The van der Waals surface area contributed by atoms with E-state index in [2.05, 4.69) is 133 Å². The van der Waals surface area contributed by atoms with Crippen LogP contribution in [0.4, 0.5) is 0 Å². The van der Waals surface area contributed by atoms with Gasteiger partial charge < -0.3 is 0 Å². The zero-order chi connectivity index (χ0) is 26.7. The van der Waals surface area contributed by atoms with Crippen molar-refractivity contribution in [3.8, 4) is 20.9 Å². The Hall–Kier alpha value is -4.64. The van der Waals surface area contributed by atoms with E-state index >= 15 is 0 Å². The summed E-state index contributed by atoms with van der Waals surface area (Å²) in [5.74, 6) is 0. The number of thiophene rings is 2. The van der Waals surface area contributed by atoms with Gasteiger partial charge in [-0.25, -0.2) is 9.97 Å². The Labute approximate surface area is 241 Å². The second-order valence-electron chi connectivity index (χ2n) is 9.48. The Morgan fingerprint density at radius 2 is 0.825 bits per heavy atom. The van der Waals surface area contributed by atoms with Crippen molar-refractivity contribution in [2.45, 2.75) is 0 Å². The summed E-state index contributed by atoms with van der Waals surface area (Å²) in [6, 6.07) is 42.3. The van der Waals surface area contributed by atoms with Gasteiger partial charge in [0.2, 0.25) is 0 Å². The summed E-state index contributed by atoms with van der Waals surface area (Å²) in [7, 11) is 0. The lowest BCUT2D eigenvalue weighted by Gasteiger charge is -2.05. The van der Waals surface area contributed by atoms with Crippen LogP contribution in [-0.2, 0) is 0 Å². The number of rotatable bonds is 6. The highest BCUT2D eigenvalue weighted by Gasteiger charge is 2.06. The van der Waals surface area contributed by atoms with Crippen molar-refractivity contribution in [2.24, 2.45) is 0 Å². The largest absolute Gasteiger partial charge is 0.246 e. The van der Waals surface area contributed by atoms with Crippen molar-refractivity contribution < 1.29 is 0 Å². The van der Waals surface area contributed by atoms with E-state index in [-0.39, 0.29) is 0 Å². The van der Waals surface area contributed by atoms with E-state index in [0.717, 1.165) is 33.2 Å². The van der Waals surface area contributed by atoms with Crippen LogP contribution in [0.5, 0.6) is 0 Å². The Morgan fingerprint density at radius 1 is 0.400 bits per heavy atom. The van der Waals surface area contributed by atoms with Crippen molar-refractivity contribution >= 4 is 68.8 Å². The molecule has 0 saturated heterocycles. The number of benzene rings is 3. The van der Waals surface area contributed by atoms with Crippen LogP contribution in [0, 0.1) is 0 Å². The fourth-order valence-corrected chi connectivity index (χ4v) is 6.55. The van der Waals surface area contributed by atoms with E-state index in [9.17, 15) is 0 Å². The zero-order valence-corrected chi connectivity index (χ0v) is 23.2. The van der Waals surface area contributed by atoms with Crippen LogP contribution >= 0.6 is 22.7 Å². The molecule has 4 aromatic heterocycles. The normalized spacial score (nSPS) is 11.8. The highest BCUT2D eigenvalue weighted by atomic mass is 32.1. The van der Waals surface area contributed by atoms with Gasteiger partial charge in [-0.3, -0.25) is 0 Å². The number of hydrogen-bond acceptors (Lipinski definition) is 4. The molecule has 0 fully saturated rings. The Kier molecular flexibility index (Phi) is 6.62. The van der Waals surface area contributed by atoms with Crippen LogP contribution in [0.25, 0.3) is 67.0 Å². The average Bonchev–Trinajstić information content (AvgIpc) is 3.70. The molecule has 40 heavy (non-hydrogen) atoms. The number of fused-ring (bicyclic) bond motifs is 3. The molecule has 7 aromatic rings. The molecule has 0 amide bonds. The van der Waals surface area contributed by atoms with Crippen LogP contribution in [0.1, 0.15) is 21.1 Å². The van der Waals surface area contributed by atoms with Crippen molar-refractivity contribution in [1.82, 2.24) is 9.97 Å². The molecule has 0 atom stereocenters. The molecule has 0 aliphatic rings. The van der Waals surface area contributed by atoms with Crippen molar-refractivity contribution in [3.63, 3.8) is 0 Å². The maximum absolute atomic E-state index is 5.01. The van der Waals surface area contributed by atoms with Gasteiger partial charge in [0.05, 0.1) is 22.4 Å². The van der Waals surface area contributed by atoms with Crippen LogP contribution in [0.2, 0.25) is 0 Å². The SMILES string of the molecule is C(=Cc1ccc(-c2ccccc2)s1)c1ccc2ccc3ccc(C=Cc4ccc(-c5ccccc5)s4)nc3c2n1. The summed E-state index contributed by atoms with van der Waals surface area (Å²) in [5.41, 5.74) is 6.18. The minimum absolute atomic E-state index is 0.921. The molecule has 0 aliphatic carbocycles. The molecule has 0 N–H and O–H groups in total. The van der Waals surface area contributed by atoms with E-state index in [1.165, 1.54) is 30.6 Å². The smallest absolute Gasteiger partial charge is 0.0972 e. The third-order valence-corrected chi connectivity index (χ3v) is 8.97. The number of hydrogen-bond donors (Lipinski definition) is 0. The molecule has 0 saturated carbocycles. The van der Waals surface area contributed by atoms with E-state index < -0.39 is 0 Å². The zero-order valence-electron chi connectivity index (χ0n) is 21.6. The average molecular weight is 549 g/mol. The van der Waals surface area contributed by atoms with Gasteiger partial charge in [0.25, 0.3) is 0 Å². The number of nitrogens with zero attached hydrogens (tertiary/aromatic N) is 2. The van der Waals surface area contributed by atoms with Gasteiger partial charge in [0, 0.05) is 30.3 Å². The molecule has 0 unspecified atom stereocenters. The van der Waals surface area contributed by atoms with Gasteiger partial charge in [-0.15, -0.1) is 22.7 Å². The number of aromatic nitrogens is 2. The van der Waals surface area contributed by atoms with E-state index in [4.69, 9.17) is 9.97 Å². The van der Waals surface area contributed by atoms with E-state index in [1.54, 1.807) is 22.7 Å². The summed E-state index contributed by atoms with van der Waals surface area (Å²) in [5, 5.41) is 2.18. The van der Waals surface area contributed by atoms with Crippen LogP contribution in [-0.4, -0.2) is 9.97 Å². The minimum Gasteiger partial charge on any atom is -0.246 e. The van der Waals surface area contributed by atoms with Gasteiger partial charge in [-0.1, -0.05) is 84.9 Å². The predicted octanol–water partition coefficient (Wildman–Crippen LogP) is 10.6. The van der Waals surface area contributed by atoms with Crippen molar-refractivity contribution in [3.05, 3.63) is 142 Å². The Bertz CT molecular complexity index is 1850. The lowest BCUT2D eigenvalue weighted by Crippen LogP contribution is -1.89. The maximum Gasteiger partial charge on any atom is 0.0972 e. The summed E-state index contributed by atoms with van der Waals surface area (Å²) in [4.78, 5) is 15.0. The number of pyridine rings is 2.